The summed E-state index contributed by atoms with van der Waals surface area (Å²) in [4.78, 5) is 7.31. The molecular formula is C19H13F3N4OS. The lowest BCUT2D eigenvalue weighted by Gasteiger charge is -2.09. The van der Waals surface area contributed by atoms with Gasteiger partial charge in [-0.05, 0) is 25.1 Å². The molecular weight excluding hydrogens is 389 g/mol. The first-order chi connectivity index (χ1) is 13.4. The molecule has 0 aliphatic rings. The zero-order valence-corrected chi connectivity index (χ0v) is 15.4. The first kappa shape index (κ1) is 18.4. The number of hydrogen-bond donors (Lipinski definition) is 0. The molecule has 0 saturated heterocycles. The van der Waals surface area contributed by atoms with E-state index in [1.54, 1.807) is 18.2 Å². The van der Waals surface area contributed by atoms with E-state index >= 15 is 0 Å². The number of alkyl halides is 3. The minimum atomic E-state index is -4.62. The number of hydrogen-bond acceptors (Lipinski definition) is 6. The van der Waals surface area contributed by atoms with Gasteiger partial charge in [-0.15, -0.1) is 10.2 Å². The van der Waals surface area contributed by atoms with Crippen molar-refractivity contribution in [1.29, 1.82) is 0 Å². The largest absolute Gasteiger partial charge is 0.451 e. The van der Waals surface area contributed by atoms with Gasteiger partial charge in [-0.1, -0.05) is 47.7 Å². The van der Waals surface area contributed by atoms with Crippen LogP contribution in [0.15, 0.2) is 58.0 Å². The number of rotatable bonds is 4. The summed E-state index contributed by atoms with van der Waals surface area (Å²) in [5.74, 6) is -0.308. The molecule has 2 heterocycles. The Morgan fingerprint density at radius 3 is 2.61 bits per heavy atom. The average molecular weight is 402 g/mol. The minimum absolute atomic E-state index is 0.192. The number of benzene rings is 2. The Bertz CT molecular complexity index is 1140. The zero-order chi connectivity index (χ0) is 19.7. The molecule has 2 aromatic carbocycles. The van der Waals surface area contributed by atoms with Crippen molar-refractivity contribution >= 4 is 22.7 Å². The molecule has 0 saturated carbocycles. The van der Waals surface area contributed by atoms with Crippen LogP contribution in [0, 0.1) is 6.92 Å². The average Bonchev–Trinajstić information content (AvgIpc) is 3.14. The Balaban J connectivity index is 1.61. The van der Waals surface area contributed by atoms with Crippen molar-refractivity contribution in [1.82, 2.24) is 20.2 Å². The van der Waals surface area contributed by atoms with Crippen LogP contribution in [0.4, 0.5) is 13.2 Å². The topological polar surface area (TPSA) is 64.7 Å². The van der Waals surface area contributed by atoms with E-state index in [-0.39, 0.29) is 16.3 Å². The molecule has 5 nitrogen and oxygen atoms in total. The summed E-state index contributed by atoms with van der Waals surface area (Å²) in [6.07, 6.45) is -4.62. The van der Waals surface area contributed by atoms with Crippen molar-refractivity contribution in [2.75, 3.05) is 0 Å². The van der Waals surface area contributed by atoms with Crippen LogP contribution in [0.2, 0.25) is 0 Å². The smallest absolute Gasteiger partial charge is 0.420 e. The van der Waals surface area contributed by atoms with Crippen LogP contribution in [0.25, 0.3) is 22.4 Å². The van der Waals surface area contributed by atoms with E-state index in [1.807, 2.05) is 31.2 Å². The molecule has 4 aromatic rings. The highest BCUT2D eigenvalue weighted by Crippen LogP contribution is 2.33. The summed E-state index contributed by atoms with van der Waals surface area (Å²) in [5.41, 5.74) is 2.08. The molecule has 142 valence electrons. The molecule has 0 aliphatic carbocycles. The van der Waals surface area contributed by atoms with Crippen LogP contribution in [0.5, 0.6) is 0 Å². The quantitative estimate of drug-likeness (QED) is 0.341. The lowest BCUT2D eigenvalue weighted by atomic mass is 10.1. The molecule has 0 N–H and O–H groups in total. The van der Waals surface area contributed by atoms with Crippen LogP contribution < -0.4 is 0 Å². The summed E-state index contributed by atoms with van der Waals surface area (Å²) >= 11 is 1.10. The van der Waals surface area contributed by atoms with Crippen LogP contribution in [0.3, 0.4) is 0 Å². The van der Waals surface area contributed by atoms with Gasteiger partial charge in [0.2, 0.25) is 17.6 Å². The fourth-order valence-electron chi connectivity index (χ4n) is 2.62. The highest BCUT2D eigenvalue weighted by Gasteiger charge is 2.35. The van der Waals surface area contributed by atoms with Crippen molar-refractivity contribution < 1.29 is 17.6 Å². The Labute approximate surface area is 162 Å². The molecule has 2 aromatic heterocycles. The van der Waals surface area contributed by atoms with Crippen LogP contribution in [-0.4, -0.2) is 20.2 Å². The number of para-hydroxylation sites is 1. The maximum Gasteiger partial charge on any atom is 0.451 e. The summed E-state index contributed by atoms with van der Waals surface area (Å²) in [5, 5.41) is 8.76. The van der Waals surface area contributed by atoms with Crippen LogP contribution in [-0.2, 0) is 11.9 Å². The van der Waals surface area contributed by atoms with Gasteiger partial charge in [0, 0.05) is 10.9 Å². The fourth-order valence-corrected chi connectivity index (χ4v) is 3.48. The monoisotopic (exact) mass is 402 g/mol. The second-order valence-corrected chi connectivity index (χ2v) is 6.99. The second-order valence-electron chi connectivity index (χ2n) is 6.03. The summed E-state index contributed by atoms with van der Waals surface area (Å²) in [6.45, 7) is 1.95. The molecule has 0 amide bonds. The Hall–Kier alpha value is -2.94. The normalized spacial score (nSPS) is 11.9. The predicted octanol–water partition coefficient (Wildman–Crippen LogP) is 5.30. The van der Waals surface area contributed by atoms with Crippen molar-refractivity contribution in [3.63, 3.8) is 0 Å². The molecule has 4 rings (SSSR count). The second kappa shape index (κ2) is 7.23. The number of nitrogens with zero attached hydrogens (tertiary/aromatic N) is 4. The maximum absolute atomic E-state index is 13.1. The van der Waals surface area contributed by atoms with Gasteiger partial charge in [0.25, 0.3) is 0 Å². The van der Waals surface area contributed by atoms with Gasteiger partial charge >= 0.3 is 6.18 Å². The van der Waals surface area contributed by atoms with Gasteiger partial charge in [-0.3, -0.25) is 0 Å². The summed E-state index contributed by atoms with van der Waals surface area (Å²) in [6, 6.07) is 14.2. The molecule has 0 radical (unpaired) electrons. The van der Waals surface area contributed by atoms with Gasteiger partial charge < -0.3 is 4.42 Å². The Kier molecular flexibility index (Phi) is 4.76. The molecule has 0 fully saturated rings. The highest BCUT2D eigenvalue weighted by atomic mass is 32.2. The SMILES string of the molecule is Cc1cccc(-c2nnc(CSc3nc(C(F)(F)F)nc4ccccc34)o2)c1. The van der Waals surface area contributed by atoms with Gasteiger partial charge in [-0.25, -0.2) is 9.97 Å². The van der Waals surface area contributed by atoms with Crippen molar-refractivity contribution in [3.8, 4) is 11.5 Å². The van der Waals surface area contributed by atoms with E-state index in [0.717, 1.165) is 22.9 Å². The minimum Gasteiger partial charge on any atom is -0.420 e. The molecule has 0 atom stereocenters. The van der Waals surface area contributed by atoms with Crippen LogP contribution in [0.1, 0.15) is 17.3 Å². The number of aromatic nitrogens is 4. The van der Waals surface area contributed by atoms with Gasteiger partial charge in [0.1, 0.15) is 5.03 Å². The van der Waals surface area contributed by atoms with Crippen LogP contribution >= 0.6 is 11.8 Å². The molecule has 0 bridgehead atoms. The van der Waals surface area contributed by atoms with E-state index in [1.165, 1.54) is 6.07 Å². The lowest BCUT2D eigenvalue weighted by Crippen LogP contribution is -2.11. The first-order valence-electron chi connectivity index (χ1n) is 8.26. The number of aryl methyl sites for hydroxylation is 1. The third-order valence-corrected chi connectivity index (χ3v) is 4.86. The van der Waals surface area contributed by atoms with E-state index in [2.05, 4.69) is 20.2 Å². The first-order valence-corrected chi connectivity index (χ1v) is 9.25. The predicted molar refractivity (Wildman–Crippen MR) is 98.6 cm³/mol. The van der Waals surface area contributed by atoms with E-state index < -0.39 is 12.0 Å². The molecule has 0 unspecified atom stereocenters. The molecule has 0 spiro atoms. The Morgan fingerprint density at radius 2 is 1.82 bits per heavy atom. The number of fused-ring (bicyclic) bond motifs is 1. The number of thioether (sulfide) groups is 1. The van der Waals surface area contributed by atoms with Crippen molar-refractivity contribution in [3.05, 3.63) is 65.8 Å². The van der Waals surface area contributed by atoms with E-state index in [9.17, 15) is 13.2 Å². The highest BCUT2D eigenvalue weighted by molar-refractivity contribution is 7.98. The maximum atomic E-state index is 13.1. The Morgan fingerprint density at radius 1 is 1.00 bits per heavy atom. The fraction of sp³-hybridized carbons (Fsp3) is 0.158. The van der Waals surface area contributed by atoms with Gasteiger partial charge in [-0.2, -0.15) is 13.2 Å². The standard InChI is InChI=1S/C19H13F3N4OS/c1-11-5-4-6-12(9-11)16-26-25-15(27-16)10-28-17-13-7-2-3-8-14(13)23-18(24-17)19(20,21)22/h2-9H,10H2,1H3. The van der Waals surface area contributed by atoms with E-state index in [0.29, 0.717) is 17.2 Å². The van der Waals surface area contributed by atoms with Gasteiger partial charge in [0.15, 0.2) is 0 Å². The zero-order valence-electron chi connectivity index (χ0n) is 14.6. The lowest BCUT2D eigenvalue weighted by molar-refractivity contribution is -0.145. The summed E-state index contributed by atoms with van der Waals surface area (Å²) < 4.78 is 45.0. The third kappa shape index (κ3) is 3.84. The molecule has 0 aliphatic heterocycles. The number of halogens is 3. The third-order valence-electron chi connectivity index (χ3n) is 3.89. The molecule has 28 heavy (non-hydrogen) atoms. The van der Waals surface area contributed by atoms with Gasteiger partial charge in [0.05, 0.1) is 11.3 Å². The van der Waals surface area contributed by atoms with Crippen molar-refractivity contribution in [2.45, 2.75) is 23.9 Å². The summed E-state index contributed by atoms with van der Waals surface area (Å²) in [7, 11) is 0. The molecule has 9 heteroatoms. The van der Waals surface area contributed by atoms with E-state index in [4.69, 9.17) is 4.42 Å². The van der Waals surface area contributed by atoms with Crippen molar-refractivity contribution in [2.24, 2.45) is 0 Å².